The fourth-order valence-corrected chi connectivity index (χ4v) is 1.92. The second-order valence-corrected chi connectivity index (χ2v) is 5.50. The number of nitrogens with one attached hydrogen (secondary N) is 1. The van der Waals surface area contributed by atoms with Gasteiger partial charge in [-0.15, -0.1) is 0 Å². The van der Waals surface area contributed by atoms with E-state index in [4.69, 9.17) is 5.73 Å². The topological polar surface area (TPSA) is 38.0 Å². The standard InChI is InChI=1S/C14H24N2/c1-10(15)13(16-5)11-6-8-12(9-7-11)14(2,3)4/h6-10,13,16H,15H2,1-5H3. The third-order valence-electron chi connectivity index (χ3n) is 2.97. The summed E-state index contributed by atoms with van der Waals surface area (Å²) in [6.45, 7) is 8.70. The van der Waals surface area contributed by atoms with Gasteiger partial charge < -0.3 is 11.1 Å². The van der Waals surface area contributed by atoms with Gasteiger partial charge in [-0.3, -0.25) is 0 Å². The molecule has 1 aromatic rings. The van der Waals surface area contributed by atoms with Crippen LogP contribution in [0.3, 0.4) is 0 Å². The van der Waals surface area contributed by atoms with E-state index in [1.54, 1.807) is 0 Å². The Bertz CT molecular complexity index is 320. The van der Waals surface area contributed by atoms with Gasteiger partial charge >= 0.3 is 0 Å². The molecule has 2 nitrogen and oxygen atoms in total. The highest BCUT2D eigenvalue weighted by Crippen LogP contribution is 2.24. The molecule has 0 aliphatic heterocycles. The molecule has 2 heteroatoms. The van der Waals surface area contributed by atoms with Crippen molar-refractivity contribution in [1.82, 2.24) is 5.32 Å². The molecule has 2 unspecified atom stereocenters. The van der Waals surface area contributed by atoms with Gasteiger partial charge in [-0.25, -0.2) is 0 Å². The van der Waals surface area contributed by atoms with Crippen LogP contribution in [0.4, 0.5) is 0 Å². The maximum absolute atomic E-state index is 5.94. The Morgan fingerprint density at radius 2 is 1.62 bits per heavy atom. The van der Waals surface area contributed by atoms with Crippen molar-refractivity contribution in [2.75, 3.05) is 7.05 Å². The van der Waals surface area contributed by atoms with Crippen LogP contribution in [0, 0.1) is 0 Å². The monoisotopic (exact) mass is 220 g/mol. The van der Waals surface area contributed by atoms with Gasteiger partial charge in [0, 0.05) is 12.1 Å². The first kappa shape index (κ1) is 13.2. The van der Waals surface area contributed by atoms with Crippen molar-refractivity contribution in [1.29, 1.82) is 0 Å². The van der Waals surface area contributed by atoms with E-state index in [-0.39, 0.29) is 17.5 Å². The number of rotatable bonds is 3. The molecule has 0 bridgehead atoms. The van der Waals surface area contributed by atoms with E-state index in [0.717, 1.165) is 0 Å². The molecule has 3 N–H and O–H groups in total. The van der Waals surface area contributed by atoms with Crippen molar-refractivity contribution in [3.05, 3.63) is 35.4 Å². The Hall–Kier alpha value is -0.860. The predicted molar refractivity (Wildman–Crippen MR) is 70.6 cm³/mol. The van der Waals surface area contributed by atoms with Gasteiger partial charge in [0.25, 0.3) is 0 Å². The first-order valence-electron chi connectivity index (χ1n) is 5.89. The molecule has 2 atom stereocenters. The Labute approximate surface area is 99.2 Å². The molecule has 0 fully saturated rings. The van der Waals surface area contributed by atoms with Crippen molar-refractivity contribution < 1.29 is 0 Å². The maximum Gasteiger partial charge on any atom is 0.0468 e. The van der Waals surface area contributed by atoms with Crippen LogP contribution in [0.15, 0.2) is 24.3 Å². The number of likely N-dealkylation sites (N-methyl/N-ethyl adjacent to an activating group) is 1. The van der Waals surface area contributed by atoms with Gasteiger partial charge in [0.2, 0.25) is 0 Å². The molecule has 0 amide bonds. The first-order chi connectivity index (χ1) is 7.36. The van der Waals surface area contributed by atoms with Gasteiger partial charge in [-0.1, -0.05) is 45.0 Å². The Balaban J connectivity index is 2.94. The van der Waals surface area contributed by atoms with E-state index >= 15 is 0 Å². The van der Waals surface area contributed by atoms with Crippen LogP contribution in [0.2, 0.25) is 0 Å². The molecular formula is C14H24N2. The fourth-order valence-electron chi connectivity index (χ4n) is 1.92. The normalized spacial score (nSPS) is 15.9. The number of benzene rings is 1. The third-order valence-corrected chi connectivity index (χ3v) is 2.97. The summed E-state index contributed by atoms with van der Waals surface area (Å²) in [6, 6.07) is 9.08. The minimum Gasteiger partial charge on any atom is -0.326 e. The largest absolute Gasteiger partial charge is 0.326 e. The van der Waals surface area contributed by atoms with E-state index < -0.39 is 0 Å². The summed E-state index contributed by atoms with van der Waals surface area (Å²) in [5.74, 6) is 0. The smallest absolute Gasteiger partial charge is 0.0468 e. The minimum atomic E-state index is 0.116. The summed E-state index contributed by atoms with van der Waals surface area (Å²) < 4.78 is 0. The zero-order valence-electron chi connectivity index (χ0n) is 11.0. The second kappa shape index (κ2) is 4.98. The van der Waals surface area contributed by atoms with E-state index in [9.17, 15) is 0 Å². The molecule has 0 aliphatic carbocycles. The molecule has 1 aromatic carbocycles. The molecular weight excluding hydrogens is 196 g/mol. The first-order valence-corrected chi connectivity index (χ1v) is 5.89. The van der Waals surface area contributed by atoms with Crippen molar-refractivity contribution in [2.45, 2.75) is 45.2 Å². The predicted octanol–water partition coefficient (Wildman–Crippen LogP) is 2.59. The van der Waals surface area contributed by atoms with E-state index in [0.29, 0.717) is 0 Å². The lowest BCUT2D eigenvalue weighted by Crippen LogP contribution is -2.33. The molecule has 0 aliphatic rings. The van der Waals surface area contributed by atoms with Crippen molar-refractivity contribution in [2.24, 2.45) is 5.73 Å². The van der Waals surface area contributed by atoms with E-state index in [1.807, 2.05) is 14.0 Å². The van der Waals surface area contributed by atoms with Crippen LogP contribution in [-0.4, -0.2) is 13.1 Å². The van der Waals surface area contributed by atoms with Gasteiger partial charge in [-0.2, -0.15) is 0 Å². The minimum absolute atomic E-state index is 0.116. The van der Waals surface area contributed by atoms with E-state index in [2.05, 4.69) is 50.4 Å². The second-order valence-electron chi connectivity index (χ2n) is 5.50. The number of nitrogens with two attached hydrogens (primary N) is 1. The summed E-state index contributed by atoms with van der Waals surface area (Å²) in [6.07, 6.45) is 0. The van der Waals surface area contributed by atoms with Crippen LogP contribution < -0.4 is 11.1 Å². The average molecular weight is 220 g/mol. The van der Waals surface area contributed by atoms with Crippen LogP contribution in [-0.2, 0) is 5.41 Å². The van der Waals surface area contributed by atoms with Crippen molar-refractivity contribution in [3.63, 3.8) is 0 Å². The Morgan fingerprint density at radius 3 is 1.94 bits per heavy atom. The van der Waals surface area contributed by atoms with Crippen LogP contribution in [0.5, 0.6) is 0 Å². The highest BCUT2D eigenvalue weighted by atomic mass is 14.9. The zero-order valence-corrected chi connectivity index (χ0v) is 11.0. The molecule has 0 saturated carbocycles. The molecule has 0 heterocycles. The van der Waals surface area contributed by atoms with Gasteiger partial charge in [-0.05, 0) is 30.5 Å². The van der Waals surface area contributed by atoms with Crippen LogP contribution in [0.25, 0.3) is 0 Å². The molecule has 0 radical (unpaired) electrons. The van der Waals surface area contributed by atoms with Crippen LogP contribution >= 0.6 is 0 Å². The van der Waals surface area contributed by atoms with Crippen molar-refractivity contribution in [3.8, 4) is 0 Å². The SMILES string of the molecule is CNC(c1ccc(C(C)(C)C)cc1)C(C)N. The van der Waals surface area contributed by atoms with Crippen molar-refractivity contribution >= 4 is 0 Å². The van der Waals surface area contributed by atoms with Gasteiger partial charge in [0.1, 0.15) is 0 Å². The Kier molecular flexibility index (Phi) is 4.11. The summed E-state index contributed by atoms with van der Waals surface area (Å²) in [5.41, 5.74) is 8.76. The molecule has 0 spiro atoms. The quantitative estimate of drug-likeness (QED) is 0.821. The maximum atomic E-state index is 5.94. The lowest BCUT2D eigenvalue weighted by atomic mass is 9.86. The summed E-state index contributed by atoms with van der Waals surface area (Å²) >= 11 is 0. The average Bonchev–Trinajstić information content (AvgIpc) is 2.17. The zero-order chi connectivity index (χ0) is 12.3. The summed E-state index contributed by atoms with van der Waals surface area (Å²) in [4.78, 5) is 0. The lowest BCUT2D eigenvalue weighted by molar-refractivity contribution is 0.503. The van der Waals surface area contributed by atoms with Gasteiger partial charge in [0.05, 0.1) is 0 Å². The number of hydrogen-bond donors (Lipinski definition) is 2. The fraction of sp³-hybridized carbons (Fsp3) is 0.571. The summed E-state index contributed by atoms with van der Waals surface area (Å²) in [5, 5.41) is 3.25. The highest BCUT2D eigenvalue weighted by molar-refractivity contribution is 5.29. The Morgan fingerprint density at radius 1 is 1.12 bits per heavy atom. The summed E-state index contributed by atoms with van der Waals surface area (Å²) in [7, 11) is 1.95. The van der Waals surface area contributed by atoms with E-state index in [1.165, 1.54) is 11.1 Å². The third kappa shape index (κ3) is 3.06. The van der Waals surface area contributed by atoms with Crippen LogP contribution in [0.1, 0.15) is 44.9 Å². The van der Waals surface area contributed by atoms with Gasteiger partial charge in [0.15, 0.2) is 0 Å². The molecule has 0 saturated heterocycles. The molecule has 90 valence electrons. The molecule has 16 heavy (non-hydrogen) atoms. The molecule has 0 aromatic heterocycles. The lowest BCUT2D eigenvalue weighted by Gasteiger charge is -2.23. The molecule has 1 rings (SSSR count). The number of hydrogen-bond acceptors (Lipinski definition) is 2. The highest BCUT2D eigenvalue weighted by Gasteiger charge is 2.16.